The molecule has 1 fully saturated rings. The van der Waals surface area contributed by atoms with Crippen LogP contribution < -0.4 is 15.4 Å². The number of halogens is 1. The van der Waals surface area contributed by atoms with E-state index < -0.39 is 32.7 Å². The molecule has 0 radical (unpaired) electrons. The average molecular weight is 466 g/mol. The second-order valence-electron chi connectivity index (χ2n) is 7.20. The first-order valence-electron chi connectivity index (χ1n) is 9.78. The molecule has 1 aliphatic rings. The summed E-state index contributed by atoms with van der Waals surface area (Å²) in [5.74, 6) is -1.19. The second-order valence-corrected chi connectivity index (χ2v) is 9.87. The van der Waals surface area contributed by atoms with E-state index in [1.165, 1.54) is 30.0 Å². The Bertz CT molecular complexity index is 1060. The zero-order valence-corrected chi connectivity index (χ0v) is 18.6. The molecule has 0 heterocycles. The van der Waals surface area contributed by atoms with Crippen molar-refractivity contribution in [3.63, 3.8) is 0 Å². The number of nitrogens with one attached hydrogen (secondary N) is 3. The van der Waals surface area contributed by atoms with Crippen molar-refractivity contribution in [1.29, 1.82) is 0 Å². The van der Waals surface area contributed by atoms with Crippen LogP contribution in [0.25, 0.3) is 0 Å². The normalized spacial score (nSPS) is 14.6. The van der Waals surface area contributed by atoms with Crippen molar-refractivity contribution in [3.05, 3.63) is 59.9 Å². The standard InChI is InChI=1S/C21H24FN3O4S2/c1-30-12-11-18(25-31(28,29)19-8-3-2-7-17(19)22)21(27)24-16-6-4-5-14(13-16)20(26)23-15-9-10-15/h2-8,13,15,18,25H,9-12H2,1H3,(H,23,26)(H,24,27). The first-order chi connectivity index (χ1) is 14.8. The van der Waals surface area contributed by atoms with Gasteiger partial charge in [0.15, 0.2) is 0 Å². The summed E-state index contributed by atoms with van der Waals surface area (Å²) < 4.78 is 41.6. The van der Waals surface area contributed by atoms with Gasteiger partial charge in [-0.3, -0.25) is 9.59 Å². The summed E-state index contributed by atoms with van der Waals surface area (Å²) in [5, 5.41) is 5.53. The molecule has 1 unspecified atom stereocenters. The highest BCUT2D eigenvalue weighted by atomic mass is 32.2. The predicted molar refractivity (Wildman–Crippen MR) is 119 cm³/mol. The van der Waals surface area contributed by atoms with Crippen molar-refractivity contribution in [1.82, 2.24) is 10.0 Å². The van der Waals surface area contributed by atoms with Crippen LogP contribution in [-0.2, 0) is 14.8 Å². The molecule has 1 aliphatic carbocycles. The number of sulfonamides is 1. The van der Waals surface area contributed by atoms with Crippen molar-refractivity contribution < 1.29 is 22.4 Å². The van der Waals surface area contributed by atoms with Gasteiger partial charge in [0.2, 0.25) is 15.9 Å². The van der Waals surface area contributed by atoms with Gasteiger partial charge >= 0.3 is 0 Å². The van der Waals surface area contributed by atoms with E-state index in [0.717, 1.165) is 25.0 Å². The fourth-order valence-electron chi connectivity index (χ4n) is 2.86. The lowest BCUT2D eigenvalue weighted by Crippen LogP contribution is -2.44. The lowest BCUT2D eigenvalue weighted by molar-refractivity contribution is -0.117. The molecule has 1 saturated carbocycles. The molecule has 3 rings (SSSR count). The first-order valence-corrected chi connectivity index (χ1v) is 12.7. The highest BCUT2D eigenvalue weighted by Crippen LogP contribution is 2.20. The van der Waals surface area contributed by atoms with Crippen LogP contribution in [0.15, 0.2) is 53.4 Å². The van der Waals surface area contributed by atoms with Crippen LogP contribution in [0.3, 0.4) is 0 Å². The third kappa shape index (κ3) is 6.52. The van der Waals surface area contributed by atoms with Crippen LogP contribution in [0.4, 0.5) is 10.1 Å². The summed E-state index contributed by atoms with van der Waals surface area (Å²) in [7, 11) is -4.25. The van der Waals surface area contributed by atoms with Gasteiger partial charge in [-0.15, -0.1) is 0 Å². The molecule has 0 spiro atoms. The van der Waals surface area contributed by atoms with Crippen molar-refractivity contribution in [3.8, 4) is 0 Å². The topological polar surface area (TPSA) is 104 Å². The van der Waals surface area contributed by atoms with Crippen molar-refractivity contribution in [2.75, 3.05) is 17.3 Å². The number of benzene rings is 2. The van der Waals surface area contributed by atoms with E-state index in [4.69, 9.17) is 0 Å². The van der Waals surface area contributed by atoms with E-state index in [2.05, 4.69) is 15.4 Å². The molecule has 2 amide bonds. The monoisotopic (exact) mass is 465 g/mol. The van der Waals surface area contributed by atoms with Crippen LogP contribution in [0, 0.1) is 5.82 Å². The molecule has 10 heteroatoms. The second kappa shape index (κ2) is 10.3. The Morgan fingerprint density at radius 1 is 1.16 bits per heavy atom. The highest BCUT2D eigenvalue weighted by molar-refractivity contribution is 7.98. The molecule has 0 aliphatic heterocycles. The van der Waals surface area contributed by atoms with Gasteiger partial charge in [0.25, 0.3) is 5.91 Å². The Hall–Kier alpha value is -2.43. The lowest BCUT2D eigenvalue weighted by atomic mass is 10.1. The van der Waals surface area contributed by atoms with Crippen LogP contribution in [0.5, 0.6) is 0 Å². The van der Waals surface area contributed by atoms with E-state index in [-0.39, 0.29) is 18.4 Å². The maximum Gasteiger partial charge on any atom is 0.251 e. The van der Waals surface area contributed by atoms with Gasteiger partial charge in [-0.25, -0.2) is 12.8 Å². The maximum atomic E-state index is 14.0. The predicted octanol–water partition coefficient (Wildman–Crippen LogP) is 2.76. The summed E-state index contributed by atoms with van der Waals surface area (Å²) >= 11 is 1.45. The fraction of sp³-hybridized carbons (Fsp3) is 0.333. The minimum absolute atomic E-state index is 0.203. The molecule has 0 saturated heterocycles. The largest absolute Gasteiger partial charge is 0.349 e. The fourth-order valence-corrected chi connectivity index (χ4v) is 4.64. The van der Waals surface area contributed by atoms with Crippen molar-refractivity contribution >= 4 is 39.3 Å². The summed E-state index contributed by atoms with van der Waals surface area (Å²) in [5.41, 5.74) is 0.769. The molecule has 0 aromatic heterocycles. The molecule has 0 bridgehead atoms. The van der Waals surface area contributed by atoms with E-state index in [9.17, 15) is 22.4 Å². The van der Waals surface area contributed by atoms with Crippen LogP contribution in [-0.4, -0.2) is 44.3 Å². The zero-order chi connectivity index (χ0) is 22.4. The number of anilines is 1. The zero-order valence-electron chi connectivity index (χ0n) is 16.9. The van der Waals surface area contributed by atoms with E-state index in [1.54, 1.807) is 18.2 Å². The summed E-state index contributed by atoms with van der Waals surface area (Å²) in [6, 6.07) is 10.5. The average Bonchev–Trinajstić information content (AvgIpc) is 3.55. The van der Waals surface area contributed by atoms with E-state index >= 15 is 0 Å². The molecule has 2 aromatic carbocycles. The van der Waals surface area contributed by atoms with Gasteiger partial charge in [0, 0.05) is 17.3 Å². The van der Waals surface area contributed by atoms with Crippen LogP contribution in [0.1, 0.15) is 29.6 Å². The summed E-state index contributed by atoms with van der Waals surface area (Å²) in [4.78, 5) is 24.6. The summed E-state index contributed by atoms with van der Waals surface area (Å²) in [6.07, 6.45) is 3.97. The molecular formula is C21H24FN3O4S2. The van der Waals surface area contributed by atoms with Crippen LogP contribution >= 0.6 is 11.8 Å². The number of rotatable bonds is 10. The third-order valence-electron chi connectivity index (χ3n) is 4.66. The smallest absolute Gasteiger partial charge is 0.251 e. The first kappa shape index (κ1) is 23.2. The number of amides is 2. The van der Waals surface area contributed by atoms with Crippen molar-refractivity contribution in [2.45, 2.75) is 36.2 Å². The Morgan fingerprint density at radius 3 is 2.58 bits per heavy atom. The Labute approximate surface area is 185 Å². The van der Waals surface area contributed by atoms with Gasteiger partial charge < -0.3 is 10.6 Å². The molecule has 166 valence electrons. The highest BCUT2D eigenvalue weighted by Gasteiger charge is 2.28. The number of thioether (sulfide) groups is 1. The Balaban J connectivity index is 1.74. The Kier molecular flexibility index (Phi) is 7.69. The number of hydrogen-bond acceptors (Lipinski definition) is 5. The molecule has 2 aromatic rings. The number of carbonyl (C=O) groups is 2. The lowest BCUT2D eigenvalue weighted by Gasteiger charge is -2.19. The number of carbonyl (C=O) groups excluding carboxylic acids is 2. The van der Waals surface area contributed by atoms with Gasteiger partial charge in [-0.1, -0.05) is 18.2 Å². The van der Waals surface area contributed by atoms with Crippen molar-refractivity contribution in [2.24, 2.45) is 0 Å². The molecular weight excluding hydrogens is 441 g/mol. The number of hydrogen-bond donors (Lipinski definition) is 3. The SMILES string of the molecule is CSCCC(NS(=O)(=O)c1ccccc1F)C(=O)Nc1cccc(C(=O)NC2CC2)c1. The van der Waals surface area contributed by atoms with Gasteiger partial charge in [-0.2, -0.15) is 16.5 Å². The minimum atomic E-state index is -4.25. The van der Waals surface area contributed by atoms with E-state index in [1.807, 2.05) is 6.26 Å². The molecule has 3 N–H and O–H groups in total. The van der Waals surface area contributed by atoms with Gasteiger partial charge in [0.1, 0.15) is 16.8 Å². The maximum absolute atomic E-state index is 14.0. The molecule has 31 heavy (non-hydrogen) atoms. The van der Waals surface area contributed by atoms with Crippen LogP contribution in [0.2, 0.25) is 0 Å². The minimum Gasteiger partial charge on any atom is -0.349 e. The van der Waals surface area contributed by atoms with E-state index in [0.29, 0.717) is 17.0 Å². The molecule has 1 atom stereocenters. The van der Waals surface area contributed by atoms with Gasteiger partial charge in [0.05, 0.1) is 0 Å². The quantitative estimate of drug-likeness (QED) is 0.501. The third-order valence-corrected chi connectivity index (χ3v) is 6.80. The summed E-state index contributed by atoms with van der Waals surface area (Å²) in [6.45, 7) is 0. The Morgan fingerprint density at radius 2 is 1.90 bits per heavy atom. The molecule has 7 nitrogen and oxygen atoms in total. The van der Waals surface area contributed by atoms with Gasteiger partial charge in [-0.05, 0) is 61.6 Å².